The number of aromatic nitrogens is 2. The molecule has 0 amide bonds. The van der Waals surface area contributed by atoms with Crippen LogP contribution in [0, 0.1) is 0 Å². The van der Waals surface area contributed by atoms with Crippen LogP contribution in [0.1, 0.15) is 11.5 Å². The van der Waals surface area contributed by atoms with E-state index in [1.807, 2.05) is 31.3 Å². The van der Waals surface area contributed by atoms with E-state index in [0.29, 0.717) is 0 Å². The van der Waals surface area contributed by atoms with Crippen molar-refractivity contribution >= 4 is 10.9 Å². The van der Waals surface area contributed by atoms with Gasteiger partial charge in [-0.1, -0.05) is 18.2 Å². The lowest BCUT2D eigenvalue weighted by atomic mass is 10.2. The van der Waals surface area contributed by atoms with Crippen LogP contribution in [0.15, 0.2) is 45.8 Å². The standard InChI is InChI=1S/C15H14N2O4/c1-17-13-5-3-2-4-11(13)12(16-17)8-21-15-9-20-10(7-18)6-14(15)19/h2-6,9,18H,7-8H2,1H3. The normalized spacial score (nSPS) is 11.0. The second-order valence-electron chi connectivity index (χ2n) is 4.61. The Kier molecular flexibility index (Phi) is 3.45. The molecule has 3 rings (SSSR count). The number of rotatable bonds is 4. The van der Waals surface area contributed by atoms with Gasteiger partial charge in [0.05, 0.1) is 5.52 Å². The minimum Gasteiger partial charge on any atom is -0.480 e. The second kappa shape index (κ2) is 5.41. The molecule has 0 radical (unpaired) electrons. The first-order chi connectivity index (χ1) is 10.2. The van der Waals surface area contributed by atoms with E-state index in [4.69, 9.17) is 14.3 Å². The molecule has 6 nitrogen and oxygen atoms in total. The van der Waals surface area contributed by atoms with Gasteiger partial charge >= 0.3 is 0 Å². The van der Waals surface area contributed by atoms with E-state index >= 15 is 0 Å². The van der Waals surface area contributed by atoms with Gasteiger partial charge in [0.1, 0.15) is 30.9 Å². The van der Waals surface area contributed by atoms with Crippen molar-refractivity contribution in [2.75, 3.05) is 0 Å². The third-order valence-corrected chi connectivity index (χ3v) is 3.21. The number of aliphatic hydroxyl groups is 1. The highest BCUT2D eigenvalue weighted by atomic mass is 16.5. The Morgan fingerprint density at radius 2 is 2.19 bits per heavy atom. The SMILES string of the molecule is Cn1nc(COc2coc(CO)cc2=O)c2ccccc21. The number of fused-ring (bicyclic) bond motifs is 1. The van der Waals surface area contributed by atoms with Crippen LogP contribution in [0.5, 0.6) is 5.75 Å². The number of aryl methyl sites for hydroxylation is 1. The number of nitrogens with zero attached hydrogens (tertiary/aromatic N) is 2. The summed E-state index contributed by atoms with van der Waals surface area (Å²) in [5, 5.41) is 14.3. The molecular weight excluding hydrogens is 272 g/mol. The number of hydrogen-bond acceptors (Lipinski definition) is 5. The van der Waals surface area contributed by atoms with E-state index < -0.39 is 0 Å². The van der Waals surface area contributed by atoms with E-state index in [9.17, 15) is 4.79 Å². The largest absolute Gasteiger partial charge is 0.480 e. The van der Waals surface area contributed by atoms with Gasteiger partial charge in [-0.2, -0.15) is 5.10 Å². The summed E-state index contributed by atoms with van der Waals surface area (Å²) in [5.41, 5.74) is 1.42. The summed E-state index contributed by atoms with van der Waals surface area (Å²) in [6, 6.07) is 9.01. The van der Waals surface area contributed by atoms with Gasteiger partial charge in [0, 0.05) is 18.5 Å². The Labute approximate surface area is 120 Å². The zero-order chi connectivity index (χ0) is 14.8. The summed E-state index contributed by atoms with van der Waals surface area (Å²) in [7, 11) is 1.86. The molecule has 3 aromatic rings. The maximum Gasteiger partial charge on any atom is 0.227 e. The van der Waals surface area contributed by atoms with Gasteiger partial charge in [-0.3, -0.25) is 9.48 Å². The summed E-state index contributed by atoms with van der Waals surface area (Å²) in [4.78, 5) is 11.8. The van der Waals surface area contributed by atoms with Crippen LogP contribution >= 0.6 is 0 Å². The molecule has 1 N–H and O–H groups in total. The highest BCUT2D eigenvalue weighted by Gasteiger charge is 2.10. The quantitative estimate of drug-likeness (QED) is 0.788. The van der Waals surface area contributed by atoms with Gasteiger partial charge in [-0.05, 0) is 6.07 Å². The highest BCUT2D eigenvalue weighted by Crippen LogP contribution is 2.18. The lowest BCUT2D eigenvalue weighted by Crippen LogP contribution is -2.08. The number of para-hydroxylation sites is 1. The van der Waals surface area contributed by atoms with Crippen molar-refractivity contribution in [3.05, 3.63) is 58.3 Å². The Balaban J connectivity index is 1.85. The van der Waals surface area contributed by atoms with E-state index in [-0.39, 0.29) is 30.2 Å². The number of ether oxygens (including phenoxy) is 1. The maximum absolute atomic E-state index is 11.8. The smallest absolute Gasteiger partial charge is 0.227 e. The molecule has 2 heterocycles. The Hall–Kier alpha value is -2.60. The first-order valence-corrected chi connectivity index (χ1v) is 6.45. The van der Waals surface area contributed by atoms with Gasteiger partial charge in [0.2, 0.25) is 11.2 Å². The lowest BCUT2D eigenvalue weighted by molar-refractivity contribution is 0.235. The molecule has 2 aromatic heterocycles. The fourth-order valence-corrected chi connectivity index (χ4v) is 2.17. The summed E-state index contributed by atoms with van der Waals surface area (Å²) < 4.78 is 12.3. The zero-order valence-corrected chi connectivity index (χ0v) is 11.4. The first kappa shape index (κ1) is 13.4. The Bertz CT molecular complexity index is 835. The third kappa shape index (κ3) is 2.53. The maximum atomic E-state index is 11.8. The molecular formula is C15H14N2O4. The number of benzene rings is 1. The van der Waals surface area contributed by atoms with Crippen molar-refractivity contribution in [2.24, 2.45) is 7.05 Å². The Morgan fingerprint density at radius 1 is 1.38 bits per heavy atom. The van der Waals surface area contributed by atoms with Gasteiger partial charge < -0.3 is 14.3 Å². The van der Waals surface area contributed by atoms with Crippen LogP contribution in [-0.4, -0.2) is 14.9 Å². The molecule has 0 fully saturated rings. The first-order valence-electron chi connectivity index (χ1n) is 6.45. The van der Waals surface area contributed by atoms with Crippen LogP contribution in [0.25, 0.3) is 10.9 Å². The molecule has 0 aliphatic rings. The van der Waals surface area contributed by atoms with E-state index in [1.54, 1.807) is 4.68 Å². The van der Waals surface area contributed by atoms with Crippen molar-refractivity contribution in [3.63, 3.8) is 0 Å². The van der Waals surface area contributed by atoms with Crippen molar-refractivity contribution < 1.29 is 14.3 Å². The Morgan fingerprint density at radius 3 is 2.95 bits per heavy atom. The van der Waals surface area contributed by atoms with Crippen LogP contribution in [0.4, 0.5) is 0 Å². The minimum absolute atomic E-state index is 0.0990. The highest BCUT2D eigenvalue weighted by molar-refractivity contribution is 5.81. The predicted molar refractivity (Wildman–Crippen MR) is 75.9 cm³/mol. The summed E-state index contributed by atoms with van der Waals surface area (Å²) >= 11 is 0. The monoisotopic (exact) mass is 286 g/mol. The second-order valence-corrected chi connectivity index (χ2v) is 4.61. The van der Waals surface area contributed by atoms with Crippen LogP contribution in [0.3, 0.4) is 0 Å². The van der Waals surface area contributed by atoms with Crippen LogP contribution < -0.4 is 10.2 Å². The van der Waals surface area contributed by atoms with Crippen LogP contribution in [0.2, 0.25) is 0 Å². The average Bonchev–Trinajstić information content (AvgIpc) is 2.83. The number of aliphatic hydroxyl groups excluding tert-OH is 1. The van der Waals surface area contributed by atoms with Crippen molar-refractivity contribution in [1.29, 1.82) is 0 Å². The summed E-state index contributed by atoms with van der Waals surface area (Å²) in [6.45, 7) is -0.148. The number of hydrogen-bond donors (Lipinski definition) is 1. The molecule has 0 aliphatic carbocycles. The molecule has 0 spiro atoms. The van der Waals surface area contributed by atoms with Gasteiger partial charge in [-0.15, -0.1) is 0 Å². The zero-order valence-electron chi connectivity index (χ0n) is 11.4. The summed E-state index contributed by atoms with van der Waals surface area (Å²) in [6.07, 6.45) is 1.21. The molecule has 6 heteroatoms. The van der Waals surface area contributed by atoms with E-state index in [0.717, 1.165) is 16.6 Å². The molecule has 108 valence electrons. The molecule has 1 aromatic carbocycles. The molecule has 0 aliphatic heterocycles. The molecule has 0 bridgehead atoms. The minimum atomic E-state index is -0.328. The molecule has 0 unspecified atom stereocenters. The topological polar surface area (TPSA) is 77.5 Å². The third-order valence-electron chi connectivity index (χ3n) is 3.21. The van der Waals surface area contributed by atoms with Gasteiger partial charge in [-0.25, -0.2) is 0 Å². The molecule has 0 saturated carbocycles. The van der Waals surface area contributed by atoms with Crippen molar-refractivity contribution in [1.82, 2.24) is 9.78 Å². The predicted octanol–water partition coefficient (Wildman–Crippen LogP) is 1.60. The fraction of sp³-hybridized carbons (Fsp3) is 0.200. The van der Waals surface area contributed by atoms with E-state index in [2.05, 4.69) is 5.10 Å². The molecule has 0 saturated heterocycles. The van der Waals surface area contributed by atoms with E-state index in [1.165, 1.54) is 12.3 Å². The lowest BCUT2D eigenvalue weighted by Gasteiger charge is -2.03. The molecule has 21 heavy (non-hydrogen) atoms. The van der Waals surface area contributed by atoms with Crippen LogP contribution in [-0.2, 0) is 20.3 Å². The van der Waals surface area contributed by atoms with Gasteiger partial charge in [0.25, 0.3) is 0 Å². The van der Waals surface area contributed by atoms with Crippen molar-refractivity contribution in [2.45, 2.75) is 13.2 Å². The molecule has 0 atom stereocenters. The fourth-order valence-electron chi connectivity index (χ4n) is 2.17. The van der Waals surface area contributed by atoms with Crippen molar-refractivity contribution in [3.8, 4) is 5.75 Å². The van der Waals surface area contributed by atoms with Gasteiger partial charge in [0.15, 0.2) is 0 Å². The average molecular weight is 286 g/mol. The summed E-state index contributed by atoms with van der Waals surface area (Å²) in [5.74, 6) is 0.303.